The zero-order chi connectivity index (χ0) is 28.2. The van der Waals surface area contributed by atoms with Crippen LogP contribution in [0.2, 0.25) is 0 Å². The summed E-state index contributed by atoms with van der Waals surface area (Å²) < 4.78 is 14.3. The van der Waals surface area contributed by atoms with Gasteiger partial charge in [0.15, 0.2) is 0 Å². The van der Waals surface area contributed by atoms with Crippen LogP contribution in [0.25, 0.3) is 6.08 Å². The molecule has 0 aromatic heterocycles. The van der Waals surface area contributed by atoms with Gasteiger partial charge in [0.05, 0.1) is 31.5 Å². The van der Waals surface area contributed by atoms with E-state index in [1.807, 2.05) is 37.3 Å². The number of ether oxygens (including phenoxy) is 3. The summed E-state index contributed by atoms with van der Waals surface area (Å²) in [6, 6.07) is 23.4. The molecule has 0 atom stereocenters. The number of anilines is 2. The zero-order valence-corrected chi connectivity index (χ0v) is 22.1. The lowest BCUT2D eigenvalue weighted by Crippen LogP contribution is -2.08. The van der Waals surface area contributed by atoms with Crippen molar-refractivity contribution in [3.05, 3.63) is 102 Å². The summed E-state index contributed by atoms with van der Waals surface area (Å²) in [7, 11) is 1.36. The van der Waals surface area contributed by atoms with Crippen molar-refractivity contribution in [1.29, 1.82) is 0 Å². The SMILES string of the molecule is CCCCOC(=O)c1ccccc1N.CCOC(=O)c1ccccc1N.COC(=O)C=Cc1ccccc1. The summed E-state index contributed by atoms with van der Waals surface area (Å²) in [5, 5.41) is 0. The van der Waals surface area contributed by atoms with Gasteiger partial charge >= 0.3 is 17.9 Å². The Morgan fingerprint density at radius 1 is 0.737 bits per heavy atom. The van der Waals surface area contributed by atoms with Gasteiger partial charge in [0, 0.05) is 17.5 Å². The molecule has 0 spiro atoms. The van der Waals surface area contributed by atoms with E-state index in [1.165, 1.54) is 13.2 Å². The third kappa shape index (κ3) is 12.4. The summed E-state index contributed by atoms with van der Waals surface area (Å²) in [6.45, 7) is 4.64. The maximum atomic E-state index is 11.4. The molecule has 38 heavy (non-hydrogen) atoms. The number of carbonyl (C=O) groups is 3. The molecule has 0 aliphatic carbocycles. The maximum absolute atomic E-state index is 11.4. The average molecular weight is 521 g/mol. The lowest BCUT2D eigenvalue weighted by molar-refractivity contribution is -0.134. The Morgan fingerprint density at radius 3 is 1.71 bits per heavy atom. The first-order chi connectivity index (χ1) is 18.3. The van der Waals surface area contributed by atoms with Crippen LogP contribution in [0.15, 0.2) is 84.9 Å². The van der Waals surface area contributed by atoms with Crippen LogP contribution in [-0.2, 0) is 19.0 Å². The van der Waals surface area contributed by atoms with Crippen LogP contribution < -0.4 is 11.5 Å². The van der Waals surface area contributed by atoms with Crippen LogP contribution in [0.5, 0.6) is 0 Å². The van der Waals surface area contributed by atoms with E-state index in [9.17, 15) is 14.4 Å². The minimum absolute atomic E-state index is 0.334. The van der Waals surface area contributed by atoms with Crippen molar-refractivity contribution in [2.24, 2.45) is 0 Å². The highest BCUT2D eigenvalue weighted by Gasteiger charge is 2.09. The van der Waals surface area contributed by atoms with Crippen LogP contribution in [0.1, 0.15) is 53.0 Å². The van der Waals surface area contributed by atoms with Gasteiger partial charge in [-0.25, -0.2) is 14.4 Å². The molecule has 0 fully saturated rings. The van der Waals surface area contributed by atoms with Crippen LogP contribution in [0, 0.1) is 0 Å². The Labute approximate surface area is 224 Å². The fraction of sp³-hybridized carbons (Fsp3) is 0.233. The third-order valence-electron chi connectivity index (χ3n) is 4.78. The van der Waals surface area contributed by atoms with Crippen LogP contribution in [0.3, 0.4) is 0 Å². The number of methoxy groups -OCH3 is 1. The maximum Gasteiger partial charge on any atom is 0.340 e. The molecule has 4 N–H and O–H groups in total. The molecule has 3 aromatic rings. The van der Waals surface area contributed by atoms with E-state index in [2.05, 4.69) is 4.74 Å². The Hall–Kier alpha value is -4.59. The summed E-state index contributed by atoms with van der Waals surface area (Å²) in [5.41, 5.74) is 14.0. The molecule has 0 aliphatic heterocycles. The van der Waals surface area contributed by atoms with Crippen molar-refractivity contribution in [2.45, 2.75) is 26.7 Å². The van der Waals surface area contributed by atoms with Gasteiger partial charge in [-0.2, -0.15) is 0 Å². The van der Waals surface area contributed by atoms with Crippen molar-refractivity contribution in [3.63, 3.8) is 0 Å². The molecule has 3 aromatic carbocycles. The van der Waals surface area contributed by atoms with E-state index in [0.29, 0.717) is 35.7 Å². The summed E-state index contributed by atoms with van der Waals surface area (Å²) in [6.07, 6.45) is 5.01. The Kier molecular flexibility index (Phi) is 15.4. The van der Waals surface area contributed by atoms with Crippen molar-refractivity contribution in [1.82, 2.24) is 0 Å². The first kappa shape index (κ1) is 31.4. The Morgan fingerprint density at radius 2 is 1.24 bits per heavy atom. The van der Waals surface area contributed by atoms with Gasteiger partial charge < -0.3 is 25.7 Å². The molecular weight excluding hydrogens is 484 g/mol. The predicted octanol–water partition coefficient (Wildman–Crippen LogP) is 5.54. The van der Waals surface area contributed by atoms with E-state index in [-0.39, 0.29) is 17.9 Å². The predicted molar refractivity (Wildman–Crippen MR) is 150 cm³/mol. The number of esters is 3. The molecule has 3 rings (SSSR count). The molecule has 0 radical (unpaired) electrons. The largest absolute Gasteiger partial charge is 0.466 e. The monoisotopic (exact) mass is 520 g/mol. The Balaban J connectivity index is 0.000000286. The van der Waals surface area contributed by atoms with E-state index < -0.39 is 0 Å². The molecule has 0 saturated carbocycles. The van der Waals surface area contributed by atoms with Gasteiger partial charge in [0.25, 0.3) is 0 Å². The lowest BCUT2D eigenvalue weighted by atomic mass is 10.2. The summed E-state index contributed by atoms with van der Waals surface area (Å²) >= 11 is 0. The quantitative estimate of drug-likeness (QED) is 0.130. The fourth-order valence-electron chi connectivity index (χ4n) is 2.76. The molecule has 8 heteroatoms. The minimum atomic E-state index is -0.365. The van der Waals surface area contributed by atoms with Crippen molar-refractivity contribution in [3.8, 4) is 0 Å². The highest BCUT2D eigenvalue weighted by molar-refractivity contribution is 5.95. The Bertz CT molecular complexity index is 1160. The number of para-hydroxylation sites is 2. The van der Waals surface area contributed by atoms with Gasteiger partial charge in [-0.1, -0.05) is 67.9 Å². The molecule has 0 unspecified atom stereocenters. The lowest BCUT2D eigenvalue weighted by Gasteiger charge is -2.05. The second-order valence-corrected chi connectivity index (χ2v) is 7.65. The van der Waals surface area contributed by atoms with Crippen LogP contribution in [0.4, 0.5) is 11.4 Å². The van der Waals surface area contributed by atoms with Crippen molar-refractivity contribution < 1.29 is 28.6 Å². The van der Waals surface area contributed by atoms with E-state index in [1.54, 1.807) is 61.5 Å². The van der Waals surface area contributed by atoms with Gasteiger partial charge in [0.2, 0.25) is 0 Å². The fourth-order valence-corrected chi connectivity index (χ4v) is 2.76. The number of unbranched alkanes of at least 4 members (excludes halogenated alkanes) is 1. The van der Waals surface area contributed by atoms with Gasteiger partial charge in [-0.15, -0.1) is 0 Å². The standard InChI is InChI=1S/C11H15NO2.C10H10O2.C9H11NO2/c1-2-3-8-14-11(13)9-6-4-5-7-10(9)12;1-12-10(11)8-7-9-5-3-2-4-6-9;1-2-12-9(11)7-5-3-4-6-8(7)10/h4-7H,2-3,8,12H2,1H3;2-8H,1H3;3-6H,2,10H2,1H3. The van der Waals surface area contributed by atoms with E-state index in [4.69, 9.17) is 20.9 Å². The number of hydrogen-bond acceptors (Lipinski definition) is 8. The molecule has 0 saturated heterocycles. The molecule has 0 amide bonds. The highest BCUT2D eigenvalue weighted by atomic mass is 16.5. The first-order valence-corrected chi connectivity index (χ1v) is 12.2. The van der Waals surface area contributed by atoms with Crippen molar-refractivity contribution in [2.75, 3.05) is 31.8 Å². The highest BCUT2D eigenvalue weighted by Crippen LogP contribution is 2.12. The topological polar surface area (TPSA) is 131 Å². The minimum Gasteiger partial charge on any atom is -0.466 e. The van der Waals surface area contributed by atoms with Gasteiger partial charge in [-0.3, -0.25) is 0 Å². The number of benzene rings is 3. The van der Waals surface area contributed by atoms with Crippen LogP contribution in [-0.4, -0.2) is 38.2 Å². The molecule has 0 aliphatic rings. The number of carbonyl (C=O) groups excluding carboxylic acids is 3. The number of rotatable bonds is 8. The van der Waals surface area contributed by atoms with Gasteiger partial charge in [-0.05, 0) is 49.2 Å². The molecule has 0 heterocycles. The average Bonchev–Trinajstić information content (AvgIpc) is 2.93. The third-order valence-corrected chi connectivity index (χ3v) is 4.78. The van der Waals surface area contributed by atoms with Crippen molar-refractivity contribution >= 4 is 35.4 Å². The molecule has 0 bridgehead atoms. The summed E-state index contributed by atoms with van der Waals surface area (Å²) in [5.74, 6) is -1.04. The van der Waals surface area contributed by atoms with Gasteiger partial charge in [0.1, 0.15) is 0 Å². The number of nitrogens with two attached hydrogens (primary N) is 2. The smallest absolute Gasteiger partial charge is 0.340 e. The first-order valence-electron chi connectivity index (χ1n) is 12.2. The van der Waals surface area contributed by atoms with Crippen LogP contribution >= 0.6 is 0 Å². The zero-order valence-electron chi connectivity index (χ0n) is 22.1. The second-order valence-electron chi connectivity index (χ2n) is 7.65. The normalized spacial score (nSPS) is 9.76. The molecular formula is C30H36N2O6. The molecule has 202 valence electrons. The summed E-state index contributed by atoms with van der Waals surface area (Å²) in [4.78, 5) is 33.3. The van der Waals surface area contributed by atoms with E-state index in [0.717, 1.165) is 18.4 Å². The second kappa shape index (κ2) is 18.6. The molecule has 8 nitrogen and oxygen atoms in total. The number of nitrogen functional groups attached to an aromatic ring is 2. The number of hydrogen-bond donors (Lipinski definition) is 2. The van der Waals surface area contributed by atoms with E-state index >= 15 is 0 Å².